The predicted molar refractivity (Wildman–Crippen MR) is 88.0 cm³/mol. The number of carbonyl (C=O) groups is 1. The third kappa shape index (κ3) is 3.20. The number of benzene rings is 1. The minimum Gasteiger partial charge on any atom is -0.396 e. The van der Waals surface area contributed by atoms with Crippen molar-refractivity contribution >= 4 is 17.2 Å². The maximum atomic E-state index is 12.6. The molecule has 1 saturated heterocycles. The standard InChI is InChI=1S/C17H20N2O2S/c1-12-11-22-16(18-12)14-3-2-4-15(9-14)17(21)19-7-5-13(10-20)6-8-19/h2-4,9,11,13,20H,5-8,10H2,1H3. The molecule has 1 N–H and O–H groups in total. The van der Waals surface area contributed by atoms with E-state index in [2.05, 4.69) is 4.98 Å². The summed E-state index contributed by atoms with van der Waals surface area (Å²) >= 11 is 1.60. The second kappa shape index (κ2) is 6.58. The van der Waals surface area contributed by atoms with E-state index < -0.39 is 0 Å². The quantitative estimate of drug-likeness (QED) is 0.947. The first kappa shape index (κ1) is 15.2. The number of nitrogens with zero attached hydrogens (tertiary/aromatic N) is 2. The van der Waals surface area contributed by atoms with Gasteiger partial charge in [-0.25, -0.2) is 4.98 Å². The van der Waals surface area contributed by atoms with E-state index in [1.807, 2.05) is 41.5 Å². The third-order valence-electron chi connectivity index (χ3n) is 4.14. The summed E-state index contributed by atoms with van der Waals surface area (Å²) in [5.41, 5.74) is 2.71. The van der Waals surface area contributed by atoms with Crippen molar-refractivity contribution in [1.82, 2.24) is 9.88 Å². The van der Waals surface area contributed by atoms with E-state index in [9.17, 15) is 9.90 Å². The van der Waals surface area contributed by atoms with Crippen molar-refractivity contribution < 1.29 is 9.90 Å². The highest BCUT2D eigenvalue weighted by Gasteiger charge is 2.23. The van der Waals surface area contributed by atoms with Crippen LogP contribution in [0.3, 0.4) is 0 Å². The second-order valence-corrected chi connectivity index (χ2v) is 6.65. The van der Waals surface area contributed by atoms with E-state index in [0.717, 1.165) is 42.2 Å². The van der Waals surface area contributed by atoms with Crippen molar-refractivity contribution in [3.05, 3.63) is 40.9 Å². The van der Waals surface area contributed by atoms with E-state index in [1.54, 1.807) is 11.3 Å². The summed E-state index contributed by atoms with van der Waals surface area (Å²) in [5.74, 6) is 0.417. The van der Waals surface area contributed by atoms with Gasteiger partial charge in [-0.3, -0.25) is 4.79 Å². The average molecular weight is 316 g/mol. The number of hydrogen-bond acceptors (Lipinski definition) is 4. The number of aryl methyl sites for hydroxylation is 1. The third-order valence-corrected chi connectivity index (χ3v) is 5.14. The number of carbonyl (C=O) groups excluding carboxylic acids is 1. The summed E-state index contributed by atoms with van der Waals surface area (Å²) < 4.78 is 0. The summed E-state index contributed by atoms with van der Waals surface area (Å²) in [4.78, 5) is 19.0. The fourth-order valence-electron chi connectivity index (χ4n) is 2.77. The largest absolute Gasteiger partial charge is 0.396 e. The zero-order valence-corrected chi connectivity index (χ0v) is 13.5. The van der Waals surface area contributed by atoms with Gasteiger partial charge in [0, 0.05) is 41.9 Å². The summed E-state index contributed by atoms with van der Waals surface area (Å²) in [6.45, 7) is 3.65. The van der Waals surface area contributed by atoms with Crippen LogP contribution >= 0.6 is 11.3 Å². The molecule has 0 unspecified atom stereocenters. The van der Waals surface area contributed by atoms with E-state index in [0.29, 0.717) is 11.5 Å². The van der Waals surface area contributed by atoms with Gasteiger partial charge in [0.05, 0.1) is 0 Å². The Hall–Kier alpha value is -1.72. The fourth-order valence-corrected chi connectivity index (χ4v) is 3.57. The van der Waals surface area contributed by atoms with Crippen LogP contribution in [-0.2, 0) is 0 Å². The van der Waals surface area contributed by atoms with Crippen molar-refractivity contribution in [1.29, 1.82) is 0 Å². The topological polar surface area (TPSA) is 53.4 Å². The number of rotatable bonds is 3. The Kier molecular flexibility index (Phi) is 4.55. The van der Waals surface area contributed by atoms with Gasteiger partial charge in [-0.05, 0) is 37.8 Å². The zero-order chi connectivity index (χ0) is 15.5. The molecule has 3 rings (SSSR count). The Bertz CT molecular complexity index is 660. The molecule has 1 amide bonds. The molecule has 1 aliphatic rings. The molecule has 1 aliphatic heterocycles. The molecule has 1 aromatic carbocycles. The van der Waals surface area contributed by atoms with E-state index >= 15 is 0 Å². The van der Waals surface area contributed by atoms with Crippen LogP contribution in [0.15, 0.2) is 29.6 Å². The Balaban J connectivity index is 1.76. The van der Waals surface area contributed by atoms with Crippen molar-refractivity contribution in [2.75, 3.05) is 19.7 Å². The number of aromatic nitrogens is 1. The SMILES string of the molecule is Cc1csc(-c2cccc(C(=O)N3CCC(CO)CC3)c2)n1. The average Bonchev–Trinajstić information content (AvgIpc) is 3.01. The van der Waals surface area contributed by atoms with Gasteiger partial charge in [-0.15, -0.1) is 11.3 Å². The molecule has 0 bridgehead atoms. The highest BCUT2D eigenvalue weighted by atomic mass is 32.1. The molecular formula is C17H20N2O2S. The van der Waals surface area contributed by atoms with Crippen LogP contribution in [0.25, 0.3) is 10.6 Å². The summed E-state index contributed by atoms with van der Waals surface area (Å²) in [6.07, 6.45) is 1.77. The van der Waals surface area contributed by atoms with Crippen LogP contribution < -0.4 is 0 Å². The normalized spacial score (nSPS) is 16.0. The molecule has 0 atom stereocenters. The lowest BCUT2D eigenvalue weighted by Crippen LogP contribution is -2.39. The van der Waals surface area contributed by atoms with E-state index in [4.69, 9.17) is 0 Å². The van der Waals surface area contributed by atoms with Gasteiger partial charge >= 0.3 is 0 Å². The van der Waals surface area contributed by atoms with Crippen molar-refractivity contribution in [3.8, 4) is 10.6 Å². The molecule has 0 aliphatic carbocycles. The van der Waals surface area contributed by atoms with Crippen LogP contribution in [0, 0.1) is 12.8 Å². The van der Waals surface area contributed by atoms with Crippen LogP contribution in [0.4, 0.5) is 0 Å². The number of aliphatic hydroxyl groups is 1. The second-order valence-electron chi connectivity index (χ2n) is 5.79. The Morgan fingerprint density at radius 2 is 2.18 bits per heavy atom. The summed E-state index contributed by atoms with van der Waals surface area (Å²) in [6, 6.07) is 7.70. The number of amides is 1. The van der Waals surface area contributed by atoms with Crippen molar-refractivity contribution in [2.45, 2.75) is 19.8 Å². The van der Waals surface area contributed by atoms with Crippen LogP contribution in [0.5, 0.6) is 0 Å². The van der Waals surface area contributed by atoms with Gasteiger partial charge < -0.3 is 10.0 Å². The van der Waals surface area contributed by atoms with Crippen LogP contribution in [-0.4, -0.2) is 40.6 Å². The van der Waals surface area contributed by atoms with E-state index in [1.165, 1.54) is 0 Å². The Morgan fingerprint density at radius 1 is 1.41 bits per heavy atom. The number of thiazole rings is 1. The smallest absolute Gasteiger partial charge is 0.253 e. The van der Waals surface area contributed by atoms with Gasteiger partial charge in [0.15, 0.2) is 0 Å². The first-order chi connectivity index (χ1) is 10.7. The van der Waals surface area contributed by atoms with Crippen molar-refractivity contribution in [3.63, 3.8) is 0 Å². The number of aliphatic hydroxyl groups excluding tert-OH is 1. The molecule has 2 heterocycles. The highest BCUT2D eigenvalue weighted by Crippen LogP contribution is 2.25. The van der Waals surface area contributed by atoms with Gasteiger partial charge in [0.2, 0.25) is 0 Å². The van der Waals surface area contributed by atoms with Gasteiger partial charge in [-0.1, -0.05) is 12.1 Å². The van der Waals surface area contributed by atoms with Gasteiger partial charge in [0.1, 0.15) is 5.01 Å². The number of piperidine rings is 1. The maximum absolute atomic E-state index is 12.6. The molecule has 5 heteroatoms. The van der Waals surface area contributed by atoms with Gasteiger partial charge in [0.25, 0.3) is 5.91 Å². The molecule has 2 aromatic rings. The molecule has 4 nitrogen and oxygen atoms in total. The fraction of sp³-hybridized carbons (Fsp3) is 0.412. The molecule has 0 radical (unpaired) electrons. The lowest BCUT2D eigenvalue weighted by atomic mass is 9.97. The minimum atomic E-state index is 0.0755. The first-order valence-electron chi connectivity index (χ1n) is 7.60. The molecule has 1 fully saturated rings. The van der Waals surface area contributed by atoms with Crippen molar-refractivity contribution in [2.24, 2.45) is 5.92 Å². The van der Waals surface area contributed by atoms with E-state index in [-0.39, 0.29) is 12.5 Å². The lowest BCUT2D eigenvalue weighted by molar-refractivity contribution is 0.0651. The first-order valence-corrected chi connectivity index (χ1v) is 8.48. The molecule has 0 spiro atoms. The molecule has 22 heavy (non-hydrogen) atoms. The van der Waals surface area contributed by atoms with Gasteiger partial charge in [-0.2, -0.15) is 0 Å². The lowest BCUT2D eigenvalue weighted by Gasteiger charge is -2.31. The highest BCUT2D eigenvalue weighted by molar-refractivity contribution is 7.13. The molecule has 116 valence electrons. The monoisotopic (exact) mass is 316 g/mol. The number of likely N-dealkylation sites (tertiary alicyclic amines) is 1. The molecule has 0 saturated carbocycles. The Labute approximate surface area is 134 Å². The summed E-state index contributed by atoms with van der Waals surface area (Å²) in [5, 5.41) is 12.2. The van der Waals surface area contributed by atoms with Crippen LogP contribution in [0.1, 0.15) is 28.9 Å². The molecular weight excluding hydrogens is 296 g/mol. The van der Waals surface area contributed by atoms with Crippen LogP contribution in [0.2, 0.25) is 0 Å². The zero-order valence-electron chi connectivity index (χ0n) is 12.7. The molecule has 1 aromatic heterocycles. The predicted octanol–water partition coefficient (Wildman–Crippen LogP) is 2.96. The minimum absolute atomic E-state index is 0.0755. The maximum Gasteiger partial charge on any atom is 0.253 e. The summed E-state index contributed by atoms with van der Waals surface area (Å²) in [7, 11) is 0. The Morgan fingerprint density at radius 3 is 2.82 bits per heavy atom. The number of hydrogen-bond donors (Lipinski definition) is 1.